The molecule has 1 aliphatic heterocycles. The van der Waals surface area contributed by atoms with Crippen LogP contribution in [-0.2, 0) is 9.53 Å². The van der Waals surface area contributed by atoms with Crippen molar-refractivity contribution in [3.05, 3.63) is 0 Å². The lowest BCUT2D eigenvalue weighted by molar-refractivity contribution is -0.904. The van der Waals surface area contributed by atoms with Gasteiger partial charge in [-0.15, -0.1) is 0 Å². The van der Waals surface area contributed by atoms with Gasteiger partial charge < -0.3 is 14.5 Å². The molecule has 0 aromatic heterocycles. The summed E-state index contributed by atoms with van der Waals surface area (Å²) in [5.41, 5.74) is 0.487. The number of carbonyl (C=O) groups excluding carboxylic acids is 1. The van der Waals surface area contributed by atoms with Crippen LogP contribution in [0.15, 0.2) is 0 Å². The lowest BCUT2D eigenvalue weighted by Crippen LogP contribution is -2.58. The molecule has 2 saturated carbocycles. The average molecular weight is 295 g/mol. The lowest BCUT2D eigenvalue weighted by atomic mass is 9.70. The second-order valence-electron chi connectivity index (χ2n) is 8.56. The van der Waals surface area contributed by atoms with Gasteiger partial charge >= 0.3 is 5.97 Å². The molecule has 0 spiro atoms. The molecule has 1 saturated heterocycles. The van der Waals surface area contributed by atoms with E-state index in [1.165, 1.54) is 12.8 Å². The predicted octanol–water partition coefficient (Wildman–Crippen LogP) is 1.79. The first-order chi connectivity index (χ1) is 9.77. The van der Waals surface area contributed by atoms with Gasteiger partial charge in [0.25, 0.3) is 0 Å². The molecule has 4 heteroatoms. The Bertz CT molecular complexity index is 429. The highest BCUT2D eigenvalue weighted by Crippen LogP contribution is 2.66. The third-order valence-corrected chi connectivity index (χ3v) is 7.16. The standard InChI is InChI=1S/C17H31N2O2/c1-16(2)13-5-6-17(16,3)14(11-13)21-15(20)12-19(4)9-7-18-8-10-19/h13-14,18H,5-12H2,1-4H3/q+1. The SMILES string of the molecule is CC1(C)C2CCC1(C)C(OC(=O)C[N+]1(C)CCNCC1)C2. The monoisotopic (exact) mass is 295 g/mol. The maximum Gasteiger partial charge on any atom is 0.362 e. The number of nitrogens with zero attached hydrogens (tertiary/aromatic N) is 1. The van der Waals surface area contributed by atoms with Crippen molar-refractivity contribution in [3.8, 4) is 0 Å². The summed E-state index contributed by atoms with van der Waals surface area (Å²) in [6, 6.07) is 0. The Morgan fingerprint density at radius 1 is 1.29 bits per heavy atom. The number of esters is 1. The van der Waals surface area contributed by atoms with Crippen molar-refractivity contribution in [1.29, 1.82) is 0 Å². The minimum Gasteiger partial charge on any atom is -0.458 e. The van der Waals surface area contributed by atoms with Crippen molar-refractivity contribution in [2.45, 2.75) is 46.1 Å². The Labute approximate surface area is 128 Å². The topological polar surface area (TPSA) is 38.3 Å². The molecule has 2 aliphatic carbocycles. The summed E-state index contributed by atoms with van der Waals surface area (Å²) in [6.07, 6.45) is 3.71. The van der Waals surface area contributed by atoms with Gasteiger partial charge in [-0.3, -0.25) is 0 Å². The van der Waals surface area contributed by atoms with Crippen molar-refractivity contribution in [2.24, 2.45) is 16.7 Å². The van der Waals surface area contributed by atoms with Crippen molar-refractivity contribution in [3.63, 3.8) is 0 Å². The molecule has 3 fully saturated rings. The molecule has 120 valence electrons. The molecule has 3 atom stereocenters. The molecule has 0 radical (unpaired) electrons. The Morgan fingerprint density at radius 3 is 2.48 bits per heavy atom. The van der Waals surface area contributed by atoms with E-state index in [1.807, 2.05) is 0 Å². The van der Waals surface area contributed by atoms with Crippen LogP contribution in [0, 0.1) is 16.7 Å². The fourth-order valence-corrected chi connectivity index (χ4v) is 4.91. The maximum atomic E-state index is 12.4. The number of ether oxygens (including phenoxy) is 1. The van der Waals surface area contributed by atoms with E-state index in [1.54, 1.807) is 0 Å². The molecule has 0 amide bonds. The Kier molecular flexibility index (Phi) is 3.61. The molecule has 2 bridgehead atoms. The van der Waals surface area contributed by atoms with Crippen LogP contribution in [0.2, 0.25) is 0 Å². The fourth-order valence-electron chi connectivity index (χ4n) is 4.91. The van der Waals surface area contributed by atoms with Gasteiger partial charge in [0.15, 0.2) is 6.54 Å². The molecule has 1 N–H and O–H groups in total. The smallest absolute Gasteiger partial charge is 0.362 e. The molecule has 3 aliphatic rings. The van der Waals surface area contributed by atoms with Crippen LogP contribution in [0.5, 0.6) is 0 Å². The van der Waals surface area contributed by atoms with Crippen LogP contribution < -0.4 is 5.32 Å². The summed E-state index contributed by atoms with van der Waals surface area (Å²) in [6.45, 7) is 11.6. The van der Waals surface area contributed by atoms with Gasteiger partial charge in [0.05, 0.1) is 20.1 Å². The summed E-state index contributed by atoms with van der Waals surface area (Å²) in [7, 11) is 2.18. The molecule has 1 heterocycles. The minimum atomic E-state index is 0.00831. The highest BCUT2D eigenvalue weighted by atomic mass is 16.5. The summed E-state index contributed by atoms with van der Waals surface area (Å²) in [5.74, 6) is 0.734. The molecule has 3 rings (SSSR count). The van der Waals surface area contributed by atoms with E-state index in [4.69, 9.17) is 4.74 Å². The van der Waals surface area contributed by atoms with Crippen LogP contribution in [0.1, 0.15) is 40.0 Å². The Balaban J connectivity index is 1.61. The zero-order chi connectivity index (χ0) is 15.3. The van der Waals surface area contributed by atoms with E-state index in [0.717, 1.165) is 43.0 Å². The first-order valence-electron chi connectivity index (χ1n) is 8.51. The zero-order valence-corrected chi connectivity index (χ0v) is 14.1. The molecular weight excluding hydrogens is 264 g/mol. The number of nitrogens with one attached hydrogen (secondary N) is 1. The number of likely N-dealkylation sites (N-methyl/N-ethyl adjacent to an activating group) is 1. The van der Waals surface area contributed by atoms with E-state index in [2.05, 4.69) is 33.1 Å². The number of quaternary nitrogens is 1. The third-order valence-electron chi connectivity index (χ3n) is 7.16. The first-order valence-corrected chi connectivity index (χ1v) is 8.51. The van der Waals surface area contributed by atoms with Crippen molar-refractivity contribution < 1.29 is 14.0 Å². The largest absolute Gasteiger partial charge is 0.458 e. The number of carbonyl (C=O) groups is 1. The summed E-state index contributed by atoms with van der Waals surface area (Å²) < 4.78 is 6.80. The summed E-state index contributed by atoms with van der Waals surface area (Å²) in [5, 5.41) is 3.36. The van der Waals surface area contributed by atoms with E-state index < -0.39 is 0 Å². The highest BCUT2D eigenvalue weighted by molar-refractivity contribution is 5.71. The van der Waals surface area contributed by atoms with Crippen molar-refractivity contribution in [2.75, 3.05) is 39.8 Å². The second kappa shape index (κ2) is 4.95. The highest BCUT2D eigenvalue weighted by Gasteiger charge is 2.63. The Morgan fingerprint density at radius 2 is 1.95 bits per heavy atom. The normalized spacial score (nSPS) is 40.2. The zero-order valence-electron chi connectivity index (χ0n) is 14.1. The second-order valence-corrected chi connectivity index (χ2v) is 8.56. The minimum absolute atomic E-state index is 0.00831. The lowest BCUT2D eigenvalue weighted by Gasteiger charge is -2.40. The van der Waals surface area contributed by atoms with Gasteiger partial charge in [0.1, 0.15) is 6.10 Å². The summed E-state index contributed by atoms with van der Waals surface area (Å²) >= 11 is 0. The Hall–Kier alpha value is -0.610. The van der Waals surface area contributed by atoms with Gasteiger partial charge in [0, 0.05) is 18.5 Å². The average Bonchev–Trinajstić information content (AvgIpc) is 2.72. The van der Waals surface area contributed by atoms with Crippen LogP contribution in [0.4, 0.5) is 0 Å². The maximum absolute atomic E-state index is 12.4. The quantitative estimate of drug-likeness (QED) is 0.637. The number of piperazine rings is 1. The molecule has 21 heavy (non-hydrogen) atoms. The van der Waals surface area contributed by atoms with Crippen LogP contribution in [0.25, 0.3) is 0 Å². The van der Waals surface area contributed by atoms with Crippen LogP contribution in [0.3, 0.4) is 0 Å². The number of hydrogen-bond donors (Lipinski definition) is 1. The van der Waals surface area contributed by atoms with E-state index in [0.29, 0.717) is 12.0 Å². The fraction of sp³-hybridized carbons (Fsp3) is 0.941. The molecule has 4 nitrogen and oxygen atoms in total. The van der Waals surface area contributed by atoms with Crippen molar-refractivity contribution >= 4 is 5.97 Å². The van der Waals surface area contributed by atoms with E-state index >= 15 is 0 Å². The molecule has 3 unspecified atom stereocenters. The van der Waals surface area contributed by atoms with Gasteiger partial charge in [0.2, 0.25) is 0 Å². The van der Waals surface area contributed by atoms with Crippen LogP contribution >= 0.6 is 0 Å². The van der Waals surface area contributed by atoms with Gasteiger partial charge in [-0.05, 0) is 30.6 Å². The van der Waals surface area contributed by atoms with E-state index in [-0.39, 0.29) is 17.5 Å². The third kappa shape index (κ3) is 2.40. The van der Waals surface area contributed by atoms with Gasteiger partial charge in [-0.25, -0.2) is 4.79 Å². The summed E-state index contributed by atoms with van der Waals surface area (Å²) in [4.78, 5) is 12.4. The molecule has 0 aromatic carbocycles. The molecule has 0 aromatic rings. The number of fused-ring (bicyclic) bond motifs is 2. The van der Waals surface area contributed by atoms with Crippen molar-refractivity contribution in [1.82, 2.24) is 5.32 Å². The number of hydrogen-bond acceptors (Lipinski definition) is 3. The molecular formula is C17H31N2O2+. The number of rotatable bonds is 3. The van der Waals surface area contributed by atoms with Gasteiger partial charge in [-0.2, -0.15) is 0 Å². The van der Waals surface area contributed by atoms with E-state index in [9.17, 15) is 4.79 Å². The predicted molar refractivity (Wildman–Crippen MR) is 82.8 cm³/mol. The first kappa shape index (κ1) is 15.3. The van der Waals surface area contributed by atoms with Crippen LogP contribution in [-0.4, -0.2) is 56.3 Å². The van der Waals surface area contributed by atoms with Gasteiger partial charge in [-0.1, -0.05) is 20.8 Å².